The van der Waals surface area contributed by atoms with E-state index in [4.69, 9.17) is 28.4 Å². The zero-order valence-corrected chi connectivity index (χ0v) is 51.1. The summed E-state index contributed by atoms with van der Waals surface area (Å²) in [6.45, 7) is 3.43. The number of carbonyl (C=O) groups excluding carboxylic acids is 1. The Morgan fingerprint density at radius 2 is 0.747 bits per heavy atom. The van der Waals surface area contributed by atoms with E-state index in [1.54, 1.807) is 0 Å². The van der Waals surface area contributed by atoms with Gasteiger partial charge in [-0.1, -0.05) is 219 Å². The molecule has 2 aliphatic heterocycles. The van der Waals surface area contributed by atoms with Crippen LogP contribution in [0, 0.1) is 0 Å². The Morgan fingerprint density at radius 1 is 0.398 bits per heavy atom. The molecule has 0 saturated carbocycles. The van der Waals surface area contributed by atoms with Crippen LogP contribution in [-0.4, -0.2) is 142 Å². The molecule has 7 N–H and O–H groups in total. The summed E-state index contributed by atoms with van der Waals surface area (Å²) in [4.78, 5) is 13.1. The van der Waals surface area contributed by atoms with E-state index >= 15 is 0 Å². The first-order valence-electron chi connectivity index (χ1n) is 32.1. The summed E-state index contributed by atoms with van der Waals surface area (Å²) in [5.41, 5.74) is 0. The van der Waals surface area contributed by atoms with Crippen molar-refractivity contribution in [1.29, 1.82) is 0 Å². The van der Waals surface area contributed by atoms with Gasteiger partial charge in [0, 0.05) is 13.0 Å². The van der Waals surface area contributed by atoms with Crippen molar-refractivity contribution in [2.75, 3.05) is 33.0 Å². The number of aliphatic hydroxyl groups is 7. The number of esters is 1. The third kappa shape index (κ3) is 39.7. The van der Waals surface area contributed by atoms with Crippen LogP contribution in [-0.2, 0) is 33.2 Å². The summed E-state index contributed by atoms with van der Waals surface area (Å²) in [6.07, 6.45) is 59.7. The van der Waals surface area contributed by atoms with Gasteiger partial charge in [-0.15, -0.1) is 0 Å². The molecule has 11 unspecified atom stereocenters. The van der Waals surface area contributed by atoms with E-state index in [-0.39, 0.29) is 19.6 Å². The molecule has 11 atom stereocenters. The first-order chi connectivity index (χ1) is 40.6. The molecule has 14 nitrogen and oxygen atoms in total. The summed E-state index contributed by atoms with van der Waals surface area (Å²) in [6, 6.07) is 0. The molecule has 2 aliphatic rings. The van der Waals surface area contributed by atoms with Crippen LogP contribution in [0.2, 0.25) is 0 Å². The molecule has 0 aromatic carbocycles. The molecule has 0 aromatic heterocycles. The van der Waals surface area contributed by atoms with Crippen molar-refractivity contribution >= 4 is 5.97 Å². The summed E-state index contributed by atoms with van der Waals surface area (Å²) in [5.74, 6) is -0.395. The van der Waals surface area contributed by atoms with Crippen LogP contribution in [0.15, 0.2) is 122 Å². The van der Waals surface area contributed by atoms with Crippen LogP contribution >= 0.6 is 0 Å². The fourth-order valence-electron chi connectivity index (χ4n) is 9.40. The molecule has 2 fully saturated rings. The number of carbonyl (C=O) groups is 1. The number of allylic oxidation sites excluding steroid dienone is 20. The molecule has 0 radical (unpaired) electrons. The Hall–Kier alpha value is -3.61. The van der Waals surface area contributed by atoms with Crippen LogP contribution in [0.3, 0.4) is 0 Å². The van der Waals surface area contributed by atoms with E-state index in [9.17, 15) is 40.5 Å². The molecule has 2 saturated heterocycles. The molecule has 474 valence electrons. The van der Waals surface area contributed by atoms with Gasteiger partial charge < -0.3 is 64.2 Å². The topological polar surface area (TPSA) is 214 Å². The molecule has 83 heavy (non-hydrogen) atoms. The van der Waals surface area contributed by atoms with Gasteiger partial charge in [-0.3, -0.25) is 4.79 Å². The van der Waals surface area contributed by atoms with Gasteiger partial charge in [0.25, 0.3) is 0 Å². The Balaban J connectivity index is 1.69. The predicted octanol–water partition coefficient (Wildman–Crippen LogP) is 12.9. The third-order valence-corrected chi connectivity index (χ3v) is 14.5. The molecule has 0 amide bonds. The summed E-state index contributed by atoms with van der Waals surface area (Å²) < 4.78 is 34.5. The highest BCUT2D eigenvalue weighted by Gasteiger charge is 2.47. The van der Waals surface area contributed by atoms with Crippen LogP contribution in [0.1, 0.15) is 206 Å². The second-order valence-corrected chi connectivity index (χ2v) is 21.8. The van der Waals surface area contributed by atoms with Crippen LogP contribution in [0.25, 0.3) is 0 Å². The highest BCUT2D eigenvalue weighted by atomic mass is 16.7. The average molecular weight is 1170 g/mol. The number of rotatable bonds is 51. The van der Waals surface area contributed by atoms with Crippen LogP contribution in [0.5, 0.6) is 0 Å². The van der Waals surface area contributed by atoms with E-state index in [1.165, 1.54) is 51.4 Å². The lowest BCUT2D eigenvalue weighted by Gasteiger charge is -2.42. The predicted molar refractivity (Wildman–Crippen MR) is 334 cm³/mol. The Morgan fingerprint density at radius 3 is 1.17 bits per heavy atom. The minimum Gasteiger partial charge on any atom is -0.457 e. The summed E-state index contributed by atoms with van der Waals surface area (Å²) in [5, 5.41) is 72.5. The van der Waals surface area contributed by atoms with Gasteiger partial charge in [0.2, 0.25) is 0 Å². The quantitative estimate of drug-likeness (QED) is 0.0172. The van der Waals surface area contributed by atoms with Crippen molar-refractivity contribution in [1.82, 2.24) is 0 Å². The minimum absolute atomic E-state index is 0.0452. The van der Waals surface area contributed by atoms with Crippen molar-refractivity contribution < 1.29 is 69.0 Å². The van der Waals surface area contributed by atoms with Crippen molar-refractivity contribution in [2.24, 2.45) is 0 Å². The molecule has 0 bridgehead atoms. The maximum atomic E-state index is 13.1. The van der Waals surface area contributed by atoms with E-state index in [0.29, 0.717) is 13.0 Å². The lowest BCUT2D eigenvalue weighted by Crippen LogP contribution is -2.61. The lowest BCUT2D eigenvalue weighted by atomic mass is 9.98. The molecular weight excluding hydrogens is 1050 g/mol. The summed E-state index contributed by atoms with van der Waals surface area (Å²) >= 11 is 0. The summed E-state index contributed by atoms with van der Waals surface area (Å²) in [7, 11) is 0. The highest BCUT2D eigenvalue weighted by Crippen LogP contribution is 2.27. The monoisotopic (exact) mass is 1170 g/mol. The number of ether oxygens (including phenoxy) is 6. The second-order valence-electron chi connectivity index (χ2n) is 21.8. The zero-order chi connectivity index (χ0) is 60.1. The van der Waals surface area contributed by atoms with Gasteiger partial charge in [0.1, 0.15) is 54.9 Å². The number of unbranched alkanes of at least 4 members (excludes halogenated alkanes) is 17. The van der Waals surface area contributed by atoms with Crippen molar-refractivity contribution in [3.8, 4) is 0 Å². The largest absolute Gasteiger partial charge is 0.457 e. The number of hydrogen-bond donors (Lipinski definition) is 7. The first kappa shape index (κ1) is 75.5. The van der Waals surface area contributed by atoms with E-state index in [1.807, 2.05) is 0 Å². The number of hydrogen-bond acceptors (Lipinski definition) is 14. The first-order valence-corrected chi connectivity index (χ1v) is 32.1. The molecule has 0 aliphatic carbocycles. The van der Waals surface area contributed by atoms with Gasteiger partial charge in [0.05, 0.1) is 26.4 Å². The molecule has 0 aromatic rings. The van der Waals surface area contributed by atoms with Crippen molar-refractivity contribution in [2.45, 2.75) is 274 Å². The van der Waals surface area contributed by atoms with Crippen LogP contribution < -0.4 is 0 Å². The minimum atomic E-state index is -1.72. The maximum Gasteiger partial charge on any atom is 0.306 e. The van der Waals surface area contributed by atoms with E-state index in [2.05, 4.69) is 135 Å². The Labute approximate surface area is 501 Å². The van der Waals surface area contributed by atoms with Gasteiger partial charge in [-0.25, -0.2) is 0 Å². The van der Waals surface area contributed by atoms with Gasteiger partial charge in [-0.05, 0) is 103 Å². The Kier molecular flexibility index (Phi) is 49.0. The smallest absolute Gasteiger partial charge is 0.306 e. The zero-order valence-electron chi connectivity index (χ0n) is 51.1. The Bertz CT molecular complexity index is 1830. The van der Waals surface area contributed by atoms with Crippen molar-refractivity contribution in [3.05, 3.63) is 122 Å². The average Bonchev–Trinajstić information content (AvgIpc) is 3.67. The number of aliphatic hydroxyl groups excluding tert-OH is 7. The highest BCUT2D eigenvalue weighted by molar-refractivity contribution is 5.69. The van der Waals surface area contributed by atoms with E-state index < -0.39 is 86.7 Å². The normalized spacial score (nSPS) is 24.3. The van der Waals surface area contributed by atoms with Gasteiger partial charge >= 0.3 is 5.97 Å². The molecule has 2 rings (SSSR count). The fourth-order valence-corrected chi connectivity index (χ4v) is 9.40. The standard InChI is InChI=1S/C69H114O14/c1-3-5-7-9-11-13-15-17-19-21-23-25-27-29-30-32-34-36-38-40-42-44-46-48-50-52-61(71)81-58(56-79-68-67(77)65(75)63(73)60(83-68)57-80-69-66(76)64(74)62(72)59(54-70)82-69)55-78-53-51-49-47-45-43-41-39-37-35-33-31-28-26-24-22-20-18-16-14-12-10-8-6-4-2/h5-8,11-14,17-20,23-26,29-30,34,36,58-60,62-70,72-77H,3-4,9-10,15-16,21-22,27-28,31-33,35,37-57H2,1-2H3/b7-5-,8-6-,13-11-,14-12-,19-17-,20-18-,25-23-,26-24-,30-29-,36-34-. The second kappa shape index (κ2) is 53.8. The molecule has 14 heteroatoms. The van der Waals surface area contributed by atoms with Crippen molar-refractivity contribution in [3.63, 3.8) is 0 Å². The van der Waals surface area contributed by atoms with Gasteiger partial charge in [0.15, 0.2) is 12.6 Å². The molecule has 2 heterocycles. The van der Waals surface area contributed by atoms with Crippen LogP contribution in [0.4, 0.5) is 0 Å². The lowest BCUT2D eigenvalue weighted by molar-refractivity contribution is -0.332. The SMILES string of the molecule is CC/C=C\C/C=C\C/C=C\C/C=C\C/C=C\C/C=C\CCCCCCCCC(=O)OC(COCCCCCCCCCCCCC/C=C\C/C=C\C/C=C\C/C=C\CC)COC1OC(COC2OC(CO)C(O)C(O)C2O)C(O)C(O)C1O. The van der Waals surface area contributed by atoms with E-state index in [0.717, 1.165) is 128 Å². The molecular formula is C69H114O14. The maximum absolute atomic E-state index is 13.1. The van der Waals surface area contributed by atoms with Gasteiger partial charge in [-0.2, -0.15) is 0 Å². The fraction of sp³-hybridized carbons (Fsp3) is 0.696. The third-order valence-electron chi connectivity index (χ3n) is 14.5. The molecule has 0 spiro atoms.